The number of hydrogen-bond donors (Lipinski definition) is 2. The molecule has 1 aliphatic heterocycles. The minimum Gasteiger partial charge on any atom is -0.392 e. The van der Waals surface area contributed by atoms with E-state index in [-0.39, 0.29) is 12.1 Å². The quantitative estimate of drug-likeness (QED) is 0.813. The van der Waals surface area contributed by atoms with E-state index in [0.717, 1.165) is 18.7 Å². The van der Waals surface area contributed by atoms with Crippen molar-refractivity contribution in [3.63, 3.8) is 0 Å². The van der Waals surface area contributed by atoms with Crippen molar-refractivity contribution < 1.29 is 5.11 Å². The fourth-order valence-corrected chi connectivity index (χ4v) is 2.39. The summed E-state index contributed by atoms with van der Waals surface area (Å²) in [5.74, 6) is 0.383. The molecule has 0 saturated carbocycles. The van der Waals surface area contributed by atoms with Gasteiger partial charge in [-0.1, -0.05) is 13.0 Å². The van der Waals surface area contributed by atoms with Gasteiger partial charge in [0, 0.05) is 19.3 Å². The van der Waals surface area contributed by atoms with E-state index < -0.39 is 0 Å². The highest BCUT2D eigenvalue weighted by atomic mass is 16.3. The number of β-amino-alcohol motifs (C(OH)–C–C–N with tert-alkyl or cyclic N) is 1. The lowest BCUT2D eigenvalue weighted by Gasteiger charge is -2.38. The van der Waals surface area contributed by atoms with Crippen molar-refractivity contribution in [3.8, 4) is 0 Å². The normalized spacial score (nSPS) is 27.9. The maximum absolute atomic E-state index is 9.94. The Balaban J connectivity index is 2.09. The number of piperidine rings is 1. The number of likely N-dealkylation sites (tertiary alicyclic amines) is 1. The molecule has 0 bridgehead atoms. The first-order chi connectivity index (χ1) is 8.22. The number of aliphatic hydroxyl groups excluding tert-OH is 1. The molecule has 1 aromatic heterocycles. The zero-order valence-corrected chi connectivity index (χ0v) is 10.3. The van der Waals surface area contributed by atoms with Gasteiger partial charge < -0.3 is 10.8 Å². The lowest BCUT2D eigenvalue weighted by Crippen LogP contribution is -2.46. The van der Waals surface area contributed by atoms with Gasteiger partial charge in [-0.05, 0) is 31.0 Å². The van der Waals surface area contributed by atoms with Crippen LogP contribution in [-0.2, 0) is 0 Å². The Morgan fingerprint density at radius 3 is 3.00 bits per heavy atom. The van der Waals surface area contributed by atoms with Gasteiger partial charge in [-0.25, -0.2) is 0 Å². The molecule has 2 rings (SSSR count). The Hall–Kier alpha value is -0.970. The molecule has 1 saturated heterocycles. The molecule has 4 nitrogen and oxygen atoms in total. The van der Waals surface area contributed by atoms with Gasteiger partial charge in [0.25, 0.3) is 0 Å². The van der Waals surface area contributed by atoms with E-state index in [9.17, 15) is 5.11 Å². The van der Waals surface area contributed by atoms with E-state index in [2.05, 4.69) is 16.8 Å². The van der Waals surface area contributed by atoms with Gasteiger partial charge >= 0.3 is 0 Å². The van der Waals surface area contributed by atoms with E-state index >= 15 is 0 Å². The van der Waals surface area contributed by atoms with Crippen molar-refractivity contribution in [2.75, 3.05) is 19.6 Å². The average molecular weight is 235 g/mol. The third kappa shape index (κ3) is 2.83. The summed E-state index contributed by atoms with van der Waals surface area (Å²) in [7, 11) is 0. The molecule has 3 N–H and O–H groups in total. The highest BCUT2D eigenvalue weighted by molar-refractivity contribution is 5.10. The third-order valence-electron chi connectivity index (χ3n) is 3.64. The van der Waals surface area contributed by atoms with Crippen LogP contribution in [-0.4, -0.2) is 40.7 Å². The fourth-order valence-electron chi connectivity index (χ4n) is 2.39. The molecule has 1 aromatic rings. The standard InChI is InChI=1S/C13H21N3O/c1-10-5-7-16(9-13(10)17)12(8-14)11-4-2-3-6-15-11/h2-4,6,10,12-13,17H,5,7-9,14H2,1H3. The van der Waals surface area contributed by atoms with Crippen molar-refractivity contribution in [1.82, 2.24) is 9.88 Å². The van der Waals surface area contributed by atoms with Gasteiger partial charge in [0.1, 0.15) is 0 Å². The summed E-state index contributed by atoms with van der Waals surface area (Å²) in [4.78, 5) is 6.61. The number of hydrogen-bond acceptors (Lipinski definition) is 4. The second-order valence-corrected chi connectivity index (χ2v) is 4.83. The van der Waals surface area contributed by atoms with Gasteiger partial charge in [-0.3, -0.25) is 9.88 Å². The second-order valence-electron chi connectivity index (χ2n) is 4.83. The molecule has 3 atom stereocenters. The largest absolute Gasteiger partial charge is 0.392 e. The monoisotopic (exact) mass is 235 g/mol. The molecule has 1 aliphatic rings. The lowest BCUT2D eigenvalue weighted by molar-refractivity contribution is 0.0103. The Kier molecular flexibility index (Phi) is 4.10. The third-order valence-corrected chi connectivity index (χ3v) is 3.64. The summed E-state index contributed by atoms with van der Waals surface area (Å²) in [6.07, 6.45) is 2.56. The van der Waals surface area contributed by atoms with Gasteiger partial charge in [0.2, 0.25) is 0 Å². The van der Waals surface area contributed by atoms with Crippen molar-refractivity contribution in [1.29, 1.82) is 0 Å². The summed E-state index contributed by atoms with van der Waals surface area (Å²) in [5.41, 5.74) is 6.85. The zero-order chi connectivity index (χ0) is 12.3. The second kappa shape index (κ2) is 5.58. The predicted molar refractivity (Wildman–Crippen MR) is 67.4 cm³/mol. The molecular weight excluding hydrogens is 214 g/mol. The molecule has 0 aliphatic carbocycles. The maximum Gasteiger partial charge on any atom is 0.0693 e. The van der Waals surface area contributed by atoms with Crippen molar-refractivity contribution in [2.24, 2.45) is 11.7 Å². The van der Waals surface area contributed by atoms with Crippen LogP contribution in [0.2, 0.25) is 0 Å². The first-order valence-electron chi connectivity index (χ1n) is 6.25. The first kappa shape index (κ1) is 12.5. The van der Waals surface area contributed by atoms with Crippen LogP contribution in [0.1, 0.15) is 25.1 Å². The van der Waals surface area contributed by atoms with Crippen molar-refractivity contribution >= 4 is 0 Å². The Morgan fingerprint density at radius 1 is 1.59 bits per heavy atom. The van der Waals surface area contributed by atoms with E-state index in [1.807, 2.05) is 18.2 Å². The molecule has 0 amide bonds. The predicted octanol–water partition coefficient (Wildman–Crippen LogP) is 0.784. The van der Waals surface area contributed by atoms with Crippen LogP contribution < -0.4 is 5.73 Å². The maximum atomic E-state index is 9.94. The first-order valence-corrected chi connectivity index (χ1v) is 6.25. The minimum atomic E-state index is -0.249. The van der Waals surface area contributed by atoms with Crippen LogP contribution in [0.25, 0.3) is 0 Å². The van der Waals surface area contributed by atoms with Crippen molar-refractivity contribution in [2.45, 2.75) is 25.5 Å². The smallest absolute Gasteiger partial charge is 0.0693 e. The topological polar surface area (TPSA) is 62.4 Å². The summed E-state index contributed by atoms with van der Waals surface area (Å²) in [5, 5.41) is 9.94. The molecule has 3 unspecified atom stereocenters. The Bertz CT molecular complexity index is 344. The molecular formula is C13H21N3O. The van der Waals surface area contributed by atoms with E-state index in [1.165, 1.54) is 0 Å². The fraction of sp³-hybridized carbons (Fsp3) is 0.615. The zero-order valence-electron chi connectivity index (χ0n) is 10.3. The number of pyridine rings is 1. The van der Waals surface area contributed by atoms with Gasteiger partial charge in [-0.15, -0.1) is 0 Å². The molecule has 0 aromatic carbocycles. The SMILES string of the molecule is CC1CCN(C(CN)c2ccccn2)CC1O. The lowest BCUT2D eigenvalue weighted by atomic mass is 9.94. The molecule has 1 fully saturated rings. The van der Waals surface area contributed by atoms with Gasteiger partial charge in [0.15, 0.2) is 0 Å². The number of rotatable bonds is 3. The van der Waals surface area contributed by atoms with Crippen LogP contribution >= 0.6 is 0 Å². The van der Waals surface area contributed by atoms with Crippen LogP contribution in [0, 0.1) is 5.92 Å². The van der Waals surface area contributed by atoms with Crippen LogP contribution in [0.3, 0.4) is 0 Å². The van der Waals surface area contributed by atoms with E-state index in [0.29, 0.717) is 19.0 Å². The molecule has 0 spiro atoms. The molecule has 0 radical (unpaired) electrons. The molecule has 4 heteroatoms. The number of aliphatic hydroxyl groups is 1. The highest BCUT2D eigenvalue weighted by Crippen LogP contribution is 2.25. The average Bonchev–Trinajstić information content (AvgIpc) is 2.36. The van der Waals surface area contributed by atoms with Crippen LogP contribution in [0.15, 0.2) is 24.4 Å². The Morgan fingerprint density at radius 2 is 2.41 bits per heavy atom. The van der Waals surface area contributed by atoms with Gasteiger partial charge in [-0.2, -0.15) is 0 Å². The number of nitrogens with zero attached hydrogens (tertiary/aromatic N) is 2. The number of aromatic nitrogens is 1. The number of nitrogens with two attached hydrogens (primary N) is 1. The summed E-state index contributed by atoms with van der Waals surface area (Å²) >= 11 is 0. The van der Waals surface area contributed by atoms with Crippen LogP contribution in [0.5, 0.6) is 0 Å². The van der Waals surface area contributed by atoms with E-state index in [1.54, 1.807) is 6.20 Å². The molecule has 2 heterocycles. The Labute approximate surface area is 102 Å². The molecule has 94 valence electrons. The molecule has 17 heavy (non-hydrogen) atoms. The van der Waals surface area contributed by atoms with Crippen molar-refractivity contribution in [3.05, 3.63) is 30.1 Å². The van der Waals surface area contributed by atoms with E-state index in [4.69, 9.17) is 5.73 Å². The minimum absolute atomic E-state index is 0.123. The summed E-state index contributed by atoms with van der Waals surface area (Å²) in [6, 6.07) is 6.01. The summed E-state index contributed by atoms with van der Waals surface area (Å²) in [6.45, 7) is 4.31. The van der Waals surface area contributed by atoms with Crippen LogP contribution in [0.4, 0.5) is 0 Å². The highest BCUT2D eigenvalue weighted by Gasteiger charge is 2.29. The van der Waals surface area contributed by atoms with Gasteiger partial charge in [0.05, 0.1) is 17.8 Å². The summed E-state index contributed by atoms with van der Waals surface area (Å²) < 4.78 is 0.